The molecule has 4 N–H and O–H groups in total. The van der Waals surface area contributed by atoms with Crippen molar-refractivity contribution in [1.82, 2.24) is 5.32 Å². The molecule has 11 heteroatoms. The number of hydrogen-bond donors (Lipinski definition) is 4. The molecule has 4 rings (SSSR count). The number of carbonyl (C=O) groups is 2. The minimum absolute atomic E-state index is 0.114. The van der Waals surface area contributed by atoms with E-state index in [1.54, 1.807) is 12.1 Å². The van der Waals surface area contributed by atoms with Gasteiger partial charge in [0.15, 0.2) is 0 Å². The number of fused-ring (bicyclic) bond motifs is 1. The van der Waals surface area contributed by atoms with Crippen LogP contribution in [0.2, 0.25) is 0 Å². The molecule has 0 aromatic heterocycles. The lowest BCUT2D eigenvalue weighted by Gasteiger charge is -2.29. The summed E-state index contributed by atoms with van der Waals surface area (Å²) < 4.78 is 30.9. The molecule has 0 amide bonds. The molecular formula is C27H28Br2N2O6S. The number of hydrogen-bond acceptors (Lipinski definition) is 5. The lowest BCUT2D eigenvalue weighted by molar-refractivity contribution is -0.159. The number of aryl methyl sites for hydroxylation is 2. The van der Waals surface area contributed by atoms with Gasteiger partial charge in [0, 0.05) is 15.0 Å². The minimum Gasteiger partial charge on any atom is -0.473 e. The van der Waals surface area contributed by atoms with Crippen LogP contribution in [0.3, 0.4) is 0 Å². The third-order valence-corrected chi connectivity index (χ3v) is 9.21. The van der Waals surface area contributed by atoms with Crippen LogP contribution in [-0.2, 0) is 32.5 Å². The Morgan fingerprint density at radius 1 is 0.974 bits per heavy atom. The van der Waals surface area contributed by atoms with Gasteiger partial charge in [0.05, 0.1) is 10.6 Å². The van der Waals surface area contributed by atoms with E-state index >= 15 is 0 Å². The Hall–Kier alpha value is -2.73. The van der Waals surface area contributed by atoms with E-state index in [0.717, 1.165) is 45.0 Å². The summed E-state index contributed by atoms with van der Waals surface area (Å²) in [4.78, 5) is 18.5. The van der Waals surface area contributed by atoms with Crippen molar-refractivity contribution in [2.45, 2.75) is 44.6 Å². The van der Waals surface area contributed by atoms with Gasteiger partial charge in [0.1, 0.15) is 0 Å². The fraction of sp³-hybridized carbons (Fsp3) is 0.259. The first kappa shape index (κ1) is 29.8. The first-order chi connectivity index (χ1) is 17.8. The van der Waals surface area contributed by atoms with Crippen LogP contribution in [0.5, 0.6) is 0 Å². The highest BCUT2D eigenvalue weighted by Gasteiger charge is 2.24. The van der Waals surface area contributed by atoms with Crippen LogP contribution in [0.1, 0.15) is 39.4 Å². The molecule has 0 fully saturated rings. The van der Waals surface area contributed by atoms with Crippen LogP contribution in [0.4, 0.5) is 5.69 Å². The zero-order valence-electron chi connectivity index (χ0n) is 21.0. The lowest BCUT2D eigenvalue weighted by atomic mass is 9.88. The van der Waals surface area contributed by atoms with Gasteiger partial charge >= 0.3 is 11.9 Å². The average Bonchev–Trinajstić information content (AvgIpc) is 2.84. The van der Waals surface area contributed by atoms with Crippen molar-refractivity contribution in [3.8, 4) is 0 Å². The van der Waals surface area contributed by atoms with E-state index in [0.29, 0.717) is 5.69 Å². The number of carboxylic acid groups (broad SMARTS) is 2. The molecule has 0 saturated heterocycles. The number of anilines is 1. The summed E-state index contributed by atoms with van der Waals surface area (Å²) in [5, 5.41) is 18.4. The second-order valence-electron chi connectivity index (χ2n) is 9.04. The van der Waals surface area contributed by atoms with E-state index in [2.05, 4.69) is 67.0 Å². The first-order valence-electron chi connectivity index (χ1n) is 11.7. The molecule has 1 aliphatic rings. The Morgan fingerprint density at radius 2 is 1.55 bits per heavy atom. The summed E-state index contributed by atoms with van der Waals surface area (Å²) in [6.07, 6.45) is 1.75. The molecule has 1 aliphatic heterocycles. The minimum atomic E-state index is -3.65. The average molecular weight is 668 g/mol. The van der Waals surface area contributed by atoms with Gasteiger partial charge in [-0.05, 0) is 98.3 Å². The summed E-state index contributed by atoms with van der Waals surface area (Å²) in [5.74, 6) is -3.65. The van der Waals surface area contributed by atoms with Crippen molar-refractivity contribution < 1.29 is 28.2 Å². The molecular weight excluding hydrogens is 640 g/mol. The van der Waals surface area contributed by atoms with Crippen molar-refractivity contribution in [3.63, 3.8) is 0 Å². The van der Waals surface area contributed by atoms with Gasteiger partial charge in [-0.25, -0.2) is 18.0 Å². The predicted octanol–water partition coefficient (Wildman–Crippen LogP) is 5.52. The molecule has 0 saturated carbocycles. The van der Waals surface area contributed by atoms with Gasteiger partial charge < -0.3 is 15.5 Å². The molecule has 202 valence electrons. The number of benzene rings is 3. The van der Waals surface area contributed by atoms with E-state index < -0.39 is 22.0 Å². The van der Waals surface area contributed by atoms with Gasteiger partial charge in [-0.3, -0.25) is 4.72 Å². The molecule has 3 aromatic rings. The molecule has 0 spiro atoms. The number of aliphatic carboxylic acids is 2. The van der Waals surface area contributed by atoms with Crippen molar-refractivity contribution >= 4 is 59.5 Å². The van der Waals surface area contributed by atoms with Crippen molar-refractivity contribution in [2.75, 3.05) is 11.3 Å². The Morgan fingerprint density at radius 3 is 2.11 bits per heavy atom. The highest BCUT2D eigenvalue weighted by molar-refractivity contribution is 9.11. The largest absolute Gasteiger partial charge is 0.473 e. The summed E-state index contributed by atoms with van der Waals surface area (Å²) in [5.41, 5.74) is 7.39. The van der Waals surface area contributed by atoms with E-state index in [1.807, 2.05) is 32.0 Å². The molecule has 1 atom stereocenters. The van der Waals surface area contributed by atoms with Crippen LogP contribution in [-0.4, -0.2) is 37.1 Å². The van der Waals surface area contributed by atoms with Crippen molar-refractivity contribution in [2.24, 2.45) is 0 Å². The molecule has 3 aromatic carbocycles. The second-order valence-corrected chi connectivity index (χ2v) is 12.4. The molecule has 1 unspecified atom stereocenters. The lowest BCUT2D eigenvalue weighted by Crippen LogP contribution is -2.31. The molecule has 0 bridgehead atoms. The predicted molar refractivity (Wildman–Crippen MR) is 153 cm³/mol. The van der Waals surface area contributed by atoms with Gasteiger partial charge in [0.2, 0.25) is 0 Å². The second kappa shape index (κ2) is 12.4. The monoisotopic (exact) mass is 666 g/mol. The zero-order valence-corrected chi connectivity index (χ0v) is 25.0. The normalized spacial score (nSPS) is 14.6. The van der Waals surface area contributed by atoms with Gasteiger partial charge in [0.25, 0.3) is 10.0 Å². The topological polar surface area (TPSA) is 133 Å². The fourth-order valence-electron chi connectivity index (χ4n) is 4.08. The number of sulfonamides is 1. The quantitative estimate of drug-likeness (QED) is 0.263. The maximum atomic E-state index is 13.0. The highest BCUT2D eigenvalue weighted by Crippen LogP contribution is 2.34. The number of halogens is 2. The highest BCUT2D eigenvalue weighted by atomic mass is 79.9. The maximum absolute atomic E-state index is 13.0. The van der Waals surface area contributed by atoms with Crippen molar-refractivity contribution in [3.05, 3.63) is 90.9 Å². The third-order valence-electron chi connectivity index (χ3n) is 6.19. The zero-order chi connectivity index (χ0) is 28.2. The first-order valence-corrected chi connectivity index (χ1v) is 14.7. The van der Waals surface area contributed by atoms with Crippen molar-refractivity contribution in [1.29, 1.82) is 0 Å². The number of nitrogens with one attached hydrogen (secondary N) is 2. The van der Waals surface area contributed by atoms with E-state index in [-0.39, 0.29) is 10.9 Å². The van der Waals surface area contributed by atoms with Gasteiger partial charge in [-0.15, -0.1) is 0 Å². The van der Waals surface area contributed by atoms with E-state index in [9.17, 15) is 8.42 Å². The Kier molecular flexibility index (Phi) is 9.74. The summed E-state index contributed by atoms with van der Waals surface area (Å²) >= 11 is 7.29. The van der Waals surface area contributed by atoms with Crippen LogP contribution >= 0.6 is 31.9 Å². The molecule has 1 heterocycles. The van der Waals surface area contributed by atoms with Crippen LogP contribution in [0, 0.1) is 20.8 Å². The third kappa shape index (κ3) is 7.43. The summed E-state index contributed by atoms with van der Waals surface area (Å²) in [6.45, 7) is 6.87. The van der Waals surface area contributed by atoms with Gasteiger partial charge in [-0.2, -0.15) is 0 Å². The van der Waals surface area contributed by atoms with Gasteiger partial charge in [-0.1, -0.05) is 55.6 Å². The summed E-state index contributed by atoms with van der Waals surface area (Å²) in [6, 6.07) is 15.5. The standard InChI is InChI=1S/C25H26Br2N2O2S.C2H2O4/c1-15-4-6-20(7-5-15)32(30,31)29-24-14-21-19(10-16(24)2)8-9-28-25(21)13-18-11-22(26)17(3)23(27)12-18;3-1(4)2(5)6/h4-7,10-12,14,25,28-29H,8-9,13H2,1-3H3;(H,3,4)(H,5,6). The molecule has 0 radical (unpaired) electrons. The Balaban J connectivity index is 0.000000599. The smallest absolute Gasteiger partial charge is 0.414 e. The number of carboxylic acids is 2. The molecule has 8 nitrogen and oxygen atoms in total. The molecule has 0 aliphatic carbocycles. The maximum Gasteiger partial charge on any atom is 0.414 e. The Bertz CT molecular complexity index is 1440. The number of rotatable bonds is 5. The SMILES string of the molecule is Cc1ccc(S(=O)(=O)Nc2cc3c(cc2C)CCNC3Cc2cc(Br)c(C)c(Br)c2)cc1.O=C(O)C(=O)O. The van der Waals surface area contributed by atoms with E-state index in [1.165, 1.54) is 16.7 Å². The van der Waals surface area contributed by atoms with Crippen LogP contribution in [0.25, 0.3) is 0 Å². The van der Waals surface area contributed by atoms with Crippen LogP contribution < -0.4 is 10.0 Å². The van der Waals surface area contributed by atoms with E-state index in [4.69, 9.17) is 19.8 Å². The summed E-state index contributed by atoms with van der Waals surface area (Å²) in [7, 11) is -3.65. The molecule has 38 heavy (non-hydrogen) atoms. The fourth-order valence-corrected chi connectivity index (χ4v) is 6.48. The van der Waals surface area contributed by atoms with Crippen LogP contribution in [0.15, 0.2) is 62.4 Å². The Labute approximate surface area is 238 Å².